The molecule has 3 rings (SSSR count). The van der Waals surface area contributed by atoms with E-state index < -0.39 is 9.84 Å². The highest BCUT2D eigenvalue weighted by Gasteiger charge is 2.12. The topological polar surface area (TPSA) is 108 Å². The van der Waals surface area contributed by atoms with E-state index in [1.165, 1.54) is 25.4 Å². The first-order valence-corrected chi connectivity index (χ1v) is 11.4. The maximum Gasteiger partial charge on any atom is 0.256 e. The van der Waals surface area contributed by atoms with Gasteiger partial charge in [-0.05, 0) is 50.2 Å². The highest BCUT2D eigenvalue weighted by Crippen LogP contribution is 2.32. The molecule has 31 heavy (non-hydrogen) atoms. The van der Waals surface area contributed by atoms with E-state index in [4.69, 9.17) is 14.2 Å². The van der Waals surface area contributed by atoms with Crippen LogP contribution >= 0.6 is 0 Å². The summed E-state index contributed by atoms with van der Waals surface area (Å²) in [7, 11) is -1.79. The molecule has 1 aromatic heterocycles. The summed E-state index contributed by atoms with van der Waals surface area (Å²) in [4.78, 5) is 19.5. The Balaban J connectivity index is 1.97. The molecule has 0 saturated carbocycles. The zero-order valence-corrected chi connectivity index (χ0v) is 18.5. The Kier molecular flexibility index (Phi) is 6.77. The molecule has 0 bridgehead atoms. The van der Waals surface area contributed by atoms with Crippen molar-refractivity contribution in [3.8, 4) is 28.6 Å². The molecule has 9 heteroatoms. The largest absolute Gasteiger partial charge is 0.491 e. The van der Waals surface area contributed by atoms with Crippen LogP contribution in [-0.4, -0.2) is 37.9 Å². The van der Waals surface area contributed by atoms with E-state index >= 15 is 0 Å². The molecule has 0 fully saturated rings. The van der Waals surface area contributed by atoms with Crippen molar-refractivity contribution in [1.82, 2.24) is 9.97 Å². The smallest absolute Gasteiger partial charge is 0.256 e. The molecule has 0 saturated heterocycles. The van der Waals surface area contributed by atoms with Crippen molar-refractivity contribution in [2.45, 2.75) is 31.5 Å². The van der Waals surface area contributed by atoms with E-state index in [-0.39, 0.29) is 23.2 Å². The summed E-state index contributed by atoms with van der Waals surface area (Å²) >= 11 is 0. The number of hydrogen-bond donors (Lipinski definition) is 1. The Hall–Kier alpha value is -3.17. The van der Waals surface area contributed by atoms with Crippen LogP contribution in [0, 0.1) is 0 Å². The monoisotopic (exact) mass is 444 g/mol. The molecule has 8 nitrogen and oxygen atoms in total. The number of sulfone groups is 1. The molecule has 1 N–H and O–H groups in total. The van der Waals surface area contributed by atoms with E-state index in [0.717, 1.165) is 6.26 Å². The van der Waals surface area contributed by atoms with Gasteiger partial charge in [0, 0.05) is 31.2 Å². The van der Waals surface area contributed by atoms with Gasteiger partial charge in [0.15, 0.2) is 9.84 Å². The van der Waals surface area contributed by atoms with E-state index in [9.17, 15) is 13.2 Å². The second kappa shape index (κ2) is 9.32. The number of H-pyrrole nitrogens is 1. The van der Waals surface area contributed by atoms with E-state index in [0.29, 0.717) is 34.2 Å². The molecule has 0 spiro atoms. The van der Waals surface area contributed by atoms with Gasteiger partial charge in [-0.25, -0.2) is 13.4 Å². The van der Waals surface area contributed by atoms with Crippen molar-refractivity contribution in [2.75, 3.05) is 13.4 Å². The minimum atomic E-state index is -3.29. The molecule has 0 radical (unpaired) electrons. The second-order valence-electron chi connectivity index (χ2n) is 7.22. The Morgan fingerprint density at radius 1 is 1.03 bits per heavy atom. The number of methoxy groups -OCH3 is 1. The van der Waals surface area contributed by atoms with Crippen molar-refractivity contribution in [3.05, 3.63) is 64.6 Å². The minimum Gasteiger partial charge on any atom is -0.491 e. The normalized spacial score (nSPS) is 11.5. The number of ether oxygens (including phenoxy) is 3. The van der Waals surface area contributed by atoms with Crippen molar-refractivity contribution in [2.24, 2.45) is 0 Å². The molecule has 3 aromatic rings. The van der Waals surface area contributed by atoms with Gasteiger partial charge in [0.1, 0.15) is 23.1 Å². The number of hydrogen-bond acceptors (Lipinski definition) is 7. The first-order valence-electron chi connectivity index (χ1n) is 9.53. The maximum atomic E-state index is 12.3. The lowest BCUT2D eigenvalue weighted by atomic mass is 10.1. The number of aromatic amines is 1. The zero-order valence-electron chi connectivity index (χ0n) is 17.7. The summed E-state index contributed by atoms with van der Waals surface area (Å²) in [5.74, 6) is 1.80. The minimum absolute atomic E-state index is 0.0757. The fourth-order valence-corrected chi connectivity index (χ4v) is 3.46. The quantitative estimate of drug-likeness (QED) is 0.566. The van der Waals surface area contributed by atoms with Crippen LogP contribution in [0.15, 0.2) is 58.4 Å². The third-order valence-electron chi connectivity index (χ3n) is 4.19. The summed E-state index contributed by atoms with van der Waals surface area (Å²) in [6.07, 6.45) is 2.54. The van der Waals surface area contributed by atoms with Gasteiger partial charge in [-0.3, -0.25) is 4.79 Å². The van der Waals surface area contributed by atoms with Gasteiger partial charge in [0.2, 0.25) is 0 Å². The van der Waals surface area contributed by atoms with Gasteiger partial charge >= 0.3 is 0 Å². The molecule has 0 aliphatic heterocycles. The van der Waals surface area contributed by atoms with Gasteiger partial charge < -0.3 is 19.2 Å². The van der Waals surface area contributed by atoms with Gasteiger partial charge in [-0.2, -0.15) is 0 Å². The lowest BCUT2D eigenvalue weighted by molar-refractivity contribution is 0.183. The van der Waals surface area contributed by atoms with Gasteiger partial charge in [0.05, 0.1) is 23.2 Å². The average molecular weight is 445 g/mol. The summed E-state index contributed by atoms with van der Waals surface area (Å²) in [5.41, 5.74) is 0.728. The van der Waals surface area contributed by atoms with Crippen LogP contribution in [0.4, 0.5) is 0 Å². The molecule has 1 heterocycles. The molecule has 0 unspecified atom stereocenters. The maximum absolute atomic E-state index is 12.3. The molecule has 164 valence electrons. The Bertz CT molecular complexity index is 1220. The highest BCUT2D eigenvalue weighted by atomic mass is 32.2. The SMILES string of the molecule is COCc1cnc(-c2cc(Oc3ccc(S(C)(=O)=O)cc3)cc(OC(C)C)c2)[nH]c1=O. The van der Waals surface area contributed by atoms with Gasteiger partial charge in [0.25, 0.3) is 5.56 Å². The molecule has 2 aromatic carbocycles. The van der Waals surface area contributed by atoms with Gasteiger partial charge in [-0.1, -0.05) is 0 Å². The third-order valence-corrected chi connectivity index (χ3v) is 5.31. The molecule has 0 aliphatic rings. The number of nitrogens with zero attached hydrogens (tertiary/aromatic N) is 1. The van der Waals surface area contributed by atoms with Crippen molar-refractivity contribution in [3.63, 3.8) is 0 Å². The molecular formula is C22H24N2O6S. The van der Waals surface area contributed by atoms with Crippen LogP contribution in [0.2, 0.25) is 0 Å². The summed E-state index contributed by atoms with van der Waals surface area (Å²) < 4.78 is 40.0. The van der Waals surface area contributed by atoms with E-state index in [1.807, 2.05) is 13.8 Å². The summed E-state index contributed by atoms with van der Waals surface area (Å²) in [6.45, 7) is 3.96. The van der Waals surface area contributed by atoms with Crippen LogP contribution in [-0.2, 0) is 21.2 Å². The van der Waals surface area contributed by atoms with E-state index in [2.05, 4.69) is 9.97 Å². The van der Waals surface area contributed by atoms with Crippen molar-refractivity contribution < 1.29 is 22.6 Å². The number of aromatic nitrogens is 2. The van der Waals surface area contributed by atoms with Crippen molar-refractivity contribution >= 4 is 9.84 Å². The molecule has 0 aliphatic carbocycles. The standard InChI is InChI=1S/C22H24N2O6S/c1-14(2)29-18-9-15(21-23-12-16(13-28-3)22(25)24-21)10-19(11-18)30-17-5-7-20(8-6-17)31(4,26)27/h5-12,14H,13H2,1-4H3,(H,23,24,25). The second-order valence-corrected chi connectivity index (χ2v) is 9.24. The van der Waals surface area contributed by atoms with Crippen LogP contribution in [0.5, 0.6) is 17.2 Å². The van der Waals surface area contributed by atoms with Crippen LogP contribution in [0.25, 0.3) is 11.4 Å². The number of benzene rings is 2. The lowest BCUT2D eigenvalue weighted by Crippen LogP contribution is -2.15. The number of nitrogens with one attached hydrogen (secondary N) is 1. The zero-order chi connectivity index (χ0) is 22.6. The summed E-state index contributed by atoms with van der Waals surface area (Å²) in [5, 5.41) is 0. The predicted octanol–water partition coefficient (Wildman–Crippen LogP) is 3.57. The summed E-state index contributed by atoms with van der Waals surface area (Å²) in [6, 6.07) is 11.3. The molecular weight excluding hydrogens is 420 g/mol. The average Bonchev–Trinajstić information content (AvgIpc) is 2.68. The molecule has 0 amide bonds. The van der Waals surface area contributed by atoms with Crippen LogP contribution in [0.3, 0.4) is 0 Å². The Morgan fingerprint density at radius 3 is 2.29 bits per heavy atom. The molecule has 0 atom stereocenters. The predicted molar refractivity (Wildman–Crippen MR) is 116 cm³/mol. The Labute approximate surface area is 180 Å². The first kappa shape index (κ1) is 22.5. The lowest BCUT2D eigenvalue weighted by Gasteiger charge is -2.14. The van der Waals surface area contributed by atoms with Gasteiger partial charge in [-0.15, -0.1) is 0 Å². The Morgan fingerprint density at radius 2 is 1.71 bits per heavy atom. The van der Waals surface area contributed by atoms with Crippen LogP contribution < -0.4 is 15.0 Å². The number of rotatable bonds is 8. The fraction of sp³-hybridized carbons (Fsp3) is 0.273. The fourth-order valence-electron chi connectivity index (χ4n) is 2.82. The van der Waals surface area contributed by atoms with Crippen LogP contribution in [0.1, 0.15) is 19.4 Å². The highest BCUT2D eigenvalue weighted by molar-refractivity contribution is 7.90. The van der Waals surface area contributed by atoms with Crippen molar-refractivity contribution in [1.29, 1.82) is 0 Å². The third kappa shape index (κ3) is 5.93. The van der Waals surface area contributed by atoms with E-state index in [1.54, 1.807) is 30.3 Å². The first-order chi connectivity index (χ1) is 14.7.